The van der Waals surface area contributed by atoms with Gasteiger partial charge in [-0.2, -0.15) is 0 Å². The molecular weight excluding hydrogens is 454 g/mol. The van der Waals surface area contributed by atoms with Crippen molar-refractivity contribution in [2.45, 2.75) is 31.2 Å². The Hall–Kier alpha value is -3.59. The number of amides is 2. The van der Waals surface area contributed by atoms with Gasteiger partial charge in [-0.25, -0.2) is 8.42 Å². The molecule has 9 heteroatoms. The molecule has 1 saturated heterocycles. The zero-order chi connectivity index (χ0) is 24.1. The number of likely N-dealkylation sites (tertiary alicyclic amines) is 1. The van der Waals surface area contributed by atoms with Gasteiger partial charge in [0.1, 0.15) is 5.76 Å². The fourth-order valence-electron chi connectivity index (χ4n) is 3.90. The lowest BCUT2D eigenvalue weighted by Crippen LogP contribution is -2.45. The van der Waals surface area contributed by atoms with Crippen LogP contribution in [-0.4, -0.2) is 38.2 Å². The maximum absolute atomic E-state index is 13.0. The van der Waals surface area contributed by atoms with Gasteiger partial charge in [-0.1, -0.05) is 17.7 Å². The predicted molar refractivity (Wildman–Crippen MR) is 128 cm³/mol. The average Bonchev–Trinajstić information content (AvgIpc) is 3.36. The number of anilines is 1. The van der Waals surface area contributed by atoms with Crippen LogP contribution in [0.1, 0.15) is 34.5 Å². The van der Waals surface area contributed by atoms with Crippen LogP contribution in [0.15, 0.2) is 76.2 Å². The normalized spacial score (nSPS) is 16.1. The monoisotopic (exact) mass is 481 g/mol. The van der Waals surface area contributed by atoms with Gasteiger partial charge in [0, 0.05) is 24.3 Å². The minimum Gasteiger partial charge on any atom is -0.467 e. The molecule has 1 aromatic heterocycles. The first kappa shape index (κ1) is 23.6. The summed E-state index contributed by atoms with van der Waals surface area (Å²) in [6, 6.07) is 16.4. The molecule has 34 heavy (non-hydrogen) atoms. The molecule has 0 spiro atoms. The van der Waals surface area contributed by atoms with Crippen LogP contribution in [0.25, 0.3) is 0 Å². The first-order chi connectivity index (χ1) is 16.3. The Morgan fingerprint density at radius 1 is 1.06 bits per heavy atom. The number of benzene rings is 2. The number of nitrogens with zero attached hydrogens (tertiary/aromatic N) is 1. The van der Waals surface area contributed by atoms with Crippen LogP contribution < -0.4 is 10.0 Å². The van der Waals surface area contributed by atoms with E-state index in [1.807, 2.05) is 6.92 Å². The Labute approximate surface area is 199 Å². The summed E-state index contributed by atoms with van der Waals surface area (Å²) in [6.07, 6.45) is 3.01. The molecule has 2 aromatic carbocycles. The van der Waals surface area contributed by atoms with Crippen LogP contribution in [0, 0.1) is 12.8 Å². The highest BCUT2D eigenvalue weighted by atomic mass is 32.2. The van der Waals surface area contributed by atoms with E-state index in [9.17, 15) is 18.0 Å². The van der Waals surface area contributed by atoms with E-state index in [1.54, 1.807) is 71.8 Å². The van der Waals surface area contributed by atoms with E-state index >= 15 is 0 Å². The molecule has 8 nitrogen and oxygen atoms in total. The largest absolute Gasteiger partial charge is 0.467 e. The second-order valence-corrected chi connectivity index (χ2v) is 10.1. The maximum Gasteiger partial charge on any atom is 0.261 e. The van der Waals surface area contributed by atoms with E-state index in [2.05, 4.69) is 10.0 Å². The second kappa shape index (κ2) is 10.1. The third-order valence-corrected chi connectivity index (χ3v) is 7.21. The van der Waals surface area contributed by atoms with Gasteiger partial charge < -0.3 is 14.6 Å². The van der Waals surface area contributed by atoms with Gasteiger partial charge in [0.15, 0.2) is 0 Å². The van der Waals surface area contributed by atoms with Crippen molar-refractivity contribution in [1.82, 2.24) is 10.2 Å². The van der Waals surface area contributed by atoms with E-state index < -0.39 is 10.0 Å². The third-order valence-electron chi connectivity index (χ3n) is 5.81. The van der Waals surface area contributed by atoms with E-state index in [0.717, 1.165) is 12.0 Å². The molecule has 0 bridgehead atoms. The Morgan fingerprint density at radius 3 is 2.47 bits per heavy atom. The van der Waals surface area contributed by atoms with Crippen molar-refractivity contribution in [2.75, 3.05) is 17.8 Å². The Bertz CT molecular complexity index is 1240. The molecule has 2 heterocycles. The number of hydrogen-bond acceptors (Lipinski definition) is 5. The first-order valence-electron chi connectivity index (χ1n) is 11.1. The summed E-state index contributed by atoms with van der Waals surface area (Å²) in [7, 11) is -3.72. The standard InChI is InChI=1S/C25H27N3O5S/c1-18-6-12-23(13-7-18)34(31,32)27-21-10-8-19(9-11-21)25(30)28-14-2-4-20(17-28)24(29)26-16-22-5-3-15-33-22/h3,5-13,15,20,27H,2,4,14,16-17H2,1H3,(H,26,29)/t20-/m0/s1. The molecule has 0 aliphatic carbocycles. The summed E-state index contributed by atoms with van der Waals surface area (Å²) in [6.45, 7) is 3.11. The maximum atomic E-state index is 13.0. The Balaban J connectivity index is 1.36. The predicted octanol–water partition coefficient (Wildman–Crippen LogP) is 3.56. The van der Waals surface area contributed by atoms with Gasteiger partial charge in [0.05, 0.1) is 23.6 Å². The topological polar surface area (TPSA) is 109 Å². The summed E-state index contributed by atoms with van der Waals surface area (Å²) in [5.41, 5.74) is 1.78. The van der Waals surface area contributed by atoms with E-state index in [0.29, 0.717) is 43.1 Å². The van der Waals surface area contributed by atoms with Crippen molar-refractivity contribution in [1.29, 1.82) is 0 Å². The minimum atomic E-state index is -3.72. The van der Waals surface area contributed by atoms with Crippen LogP contribution in [-0.2, 0) is 21.4 Å². The number of piperidine rings is 1. The van der Waals surface area contributed by atoms with E-state index in [1.165, 1.54) is 0 Å². The lowest BCUT2D eigenvalue weighted by molar-refractivity contribution is -0.126. The molecule has 1 aliphatic heterocycles. The highest BCUT2D eigenvalue weighted by molar-refractivity contribution is 7.92. The molecule has 3 aromatic rings. The van der Waals surface area contributed by atoms with E-state index in [4.69, 9.17) is 4.42 Å². The summed E-state index contributed by atoms with van der Waals surface area (Å²) < 4.78 is 32.9. The quantitative estimate of drug-likeness (QED) is 0.536. The molecule has 4 rings (SSSR count). The average molecular weight is 482 g/mol. The molecule has 1 aliphatic rings. The first-order valence-corrected chi connectivity index (χ1v) is 12.6. The van der Waals surface area contributed by atoms with E-state index in [-0.39, 0.29) is 22.6 Å². The summed E-state index contributed by atoms with van der Waals surface area (Å²) >= 11 is 0. The SMILES string of the molecule is Cc1ccc(S(=O)(=O)Nc2ccc(C(=O)N3CCC[C@H](C(=O)NCc4ccco4)C3)cc2)cc1. The number of rotatable bonds is 7. The fraction of sp³-hybridized carbons (Fsp3) is 0.280. The summed E-state index contributed by atoms with van der Waals surface area (Å²) in [5, 5.41) is 2.86. The highest BCUT2D eigenvalue weighted by Crippen LogP contribution is 2.21. The number of sulfonamides is 1. The lowest BCUT2D eigenvalue weighted by atomic mass is 9.96. The van der Waals surface area contributed by atoms with Gasteiger partial charge in [0.2, 0.25) is 5.91 Å². The van der Waals surface area contributed by atoms with Gasteiger partial charge in [-0.05, 0) is 68.3 Å². The number of nitrogens with one attached hydrogen (secondary N) is 2. The summed E-state index contributed by atoms with van der Waals surface area (Å²) in [5.74, 6) is 0.106. The zero-order valence-corrected chi connectivity index (χ0v) is 19.7. The molecule has 1 atom stereocenters. The third kappa shape index (κ3) is 5.66. The number of carbonyl (C=O) groups is 2. The van der Waals surface area contributed by atoms with Crippen LogP contribution in [0.4, 0.5) is 5.69 Å². The molecule has 0 radical (unpaired) electrons. The Morgan fingerprint density at radius 2 is 1.79 bits per heavy atom. The van der Waals surface area contributed by atoms with Crippen molar-refractivity contribution >= 4 is 27.5 Å². The van der Waals surface area contributed by atoms with Crippen molar-refractivity contribution in [3.8, 4) is 0 Å². The van der Waals surface area contributed by atoms with Crippen LogP contribution >= 0.6 is 0 Å². The molecule has 0 unspecified atom stereocenters. The molecule has 178 valence electrons. The molecular formula is C25H27N3O5S. The second-order valence-electron chi connectivity index (χ2n) is 8.38. The van der Waals surface area contributed by atoms with Crippen molar-refractivity contribution in [2.24, 2.45) is 5.92 Å². The van der Waals surface area contributed by atoms with Gasteiger partial charge in [-0.15, -0.1) is 0 Å². The fourth-order valence-corrected chi connectivity index (χ4v) is 4.96. The number of hydrogen-bond donors (Lipinski definition) is 2. The van der Waals surface area contributed by atoms with Gasteiger partial charge in [-0.3, -0.25) is 14.3 Å². The number of aryl methyl sites for hydroxylation is 1. The molecule has 2 N–H and O–H groups in total. The smallest absolute Gasteiger partial charge is 0.261 e. The minimum absolute atomic E-state index is 0.102. The van der Waals surface area contributed by atoms with Crippen molar-refractivity contribution < 1.29 is 22.4 Å². The van der Waals surface area contributed by atoms with Gasteiger partial charge >= 0.3 is 0 Å². The number of carbonyl (C=O) groups excluding carboxylic acids is 2. The van der Waals surface area contributed by atoms with Crippen LogP contribution in [0.5, 0.6) is 0 Å². The lowest BCUT2D eigenvalue weighted by Gasteiger charge is -2.32. The zero-order valence-electron chi connectivity index (χ0n) is 18.9. The molecule has 0 saturated carbocycles. The number of furan rings is 1. The Kier molecular flexibility index (Phi) is 7.02. The van der Waals surface area contributed by atoms with Crippen LogP contribution in [0.2, 0.25) is 0 Å². The molecule has 1 fully saturated rings. The van der Waals surface area contributed by atoms with Crippen LogP contribution in [0.3, 0.4) is 0 Å². The summed E-state index contributed by atoms with van der Waals surface area (Å²) in [4.78, 5) is 27.4. The van der Waals surface area contributed by atoms with Crippen molar-refractivity contribution in [3.05, 3.63) is 83.8 Å². The van der Waals surface area contributed by atoms with Crippen molar-refractivity contribution in [3.63, 3.8) is 0 Å². The molecule has 2 amide bonds. The van der Waals surface area contributed by atoms with Gasteiger partial charge in [0.25, 0.3) is 15.9 Å². The highest BCUT2D eigenvalue weighted by Gasteiger charge is 2.29.